The smallest absolute Gasteiger partial charge is 0.279 e. The Kier molecular flexibility index (Phi) is 8.83. The maximum absolute atomic E-state index is 12.1. The molecule has 0 bridgehead atoms. The Hall–Kier alpha value is -0.970. The summed E-state index contributed by atoms with van der Waals surface area (Å²) in [5.74, 6) is 0.0464. The highest BCUT2D eigenvalue weighted by atomic mass is 32.7. The normalized spacial score (nSPS) is 30.1. The summed E-state index contributed by atoms with van der Waals surface area (Å²) in [6, 6.07) is 0. The fourth-order valence-corrected chi connectivity index (χ4v) is 10.7. The van der Waals surface area contributed by atoms with Crippen LogP contribution in [0.4, 0.5) is 5.82 Å². The summed E-state index contributed by atoms with van der Waals surface area (Å²) in [5, 5.41) is 20.3. The van der Waals surface area contributed by atoms with Crippen molar-refractivity contribution in [3.8, 4) is 0 Å². The maximum Gasteiger partial charge on any atom is 0.279 e. The highest BCUT2D eigenvalue weighted by Gasteiger charge is 2.45. The van der Waals surface area contributed by atoms with Crippen LogP contribution in [0.15, 0.2) is 12.7 Å². The zero-order valence-corrected chi connectivity index (χ0v) is 22.4. The lowest BCUT2D eigenvalue weighted by Gasteiger charge is -2.36. The van der Waals surface area contributed by atoms with Gasteiger partial charge in [0.2, 0.25) is 0 Å². The van der Waals surface area contributed by atoms with Crippen molar-refractivity contribution >= 4 is 50.8 Å². The molecule has 1 aliphatic heterocycles. The van der Waals surface area contributed by atoms with Crippen LogP contribution in [-0.2, 0) is 31.6 Å². The van der Waals surface area contributed by atoms with Crippen molar-refractivity contribution in [2.45, 2.75) is 61.9 Å². The molecule has 1 saturated heterocycles. The first-order valence-electron chi connectivity index (χ1n) is 10.9. The van der Waals surface area contributed by atoms with E-state index in [9.17, 15) is 38.6 Å². The molecule has 2 aliphatic rings. The summed E-state index contributed by atoms with van der Waals surface area (Å²) in [7, 11) is -11.6. The fraction of sp³-hybridized carbons (Fsp3) is 0.688. The van der Waals surface area contributed by atoms with Crippen LogP contribution in [0.2, 0.25) is 0 Å². The number of nitrogens with two attached hydrogens (primary N) is 1. The molecule has 4 rings (SSSR count). The van der Waals surface area contributed by atoms with E-state index >= 15 is 0 Å². The summed E-state index contributed by atoms with van der Waals surface area (Å²) in [4.78, 5) is 47.9. The van der Waals surface area contributed by atoms with E-state index in [1.54, 1.807) is 0 Å². The minimum absolute atomic E-state index is 0.0464. The summed E-state index contributed by atoms with van der Waals surface area (Å²) >= 11 is 0.298. The van der Waals surface area contributed by atoms with E-state index in [1.165, 1.54) is 10.9 Å². The van der Waals surface area contributed by atoms with Gasteiger partial charge in [-0.3, -0.25) is 22.6 Å². The lowest BCUT2D eigenvalue weighted by Crippen LogP contribution is -2.34. The van der Waals surface area contributed by atoms with Gasteiger partial charge in [0.05, 0.1) is 12.9 Å². The molecule has 2 fully saturated rings. The van der Waals surface area contributed by atoms with E-state index in [0.29, 0.717) is 24.2 Å². The lowest BCUT2D eigenvalue weighted by molar-refractivity contribution is -0.245. The first kappa shape index (κ1) is 29.0. The van der Waals surface area contributed by atoms with E-state index in [4.69, 9.17) is 10.5 Å². The van der Waals surface area contributed by atoms with Crippen molar-refractivity contribution in [1.29, 1.82) is 0 Å². The van der Waals surface area contributed by atoms with Crippen LogP contribution in [-0.4, -0.2) is 59.9 Å². The summed E-state index contributed by atoms with van der Waals surface area (Å²) in [6.45, 7) is -6.06. The molecule has 0 aromatic carbocycles. The molecule has 208 valence electrons. The Labute approximate surface area is 213 Å². The second kappa shape index (κ2) is 11.3. The fourth-order valence-electron chi connectivity index (χ4n) is 3.97. The SMILES string of the molecule is Nc1ncnc2c1ncn2[C@@H]1O[C@H](COP(=O)([O-])OP(=O)([O-])OP(=O)([O-])SC2CCCCC2)C(O)[C@@H]1O. The van der Waals surface area contributed by atoms with E-state index in [0.717, 1.165) is 25.6 Å². The molecule has 2 aromatic rings. The van der Waals surface area contributed by atoms with Gasteiger partial charge in [-0.05, 0) is 12.8 Å². The highest BCUT2D eigenvalue weighted by molar-refractivity contribution is 8.55. The van der Waals surface area contributed by atoms with Crippen molar-refractivity contribution in [3.63, 3.8) is 0 Å². The number of aromatic nitrogens is 4. The molecular weight excluding hydrogens is 579 g/mol. The Morgan fingerprint density at radius 3 is 2.46 bits per heavy atom. The Bertz CT molecular complexity index is 1260. The van der Waals surface area contributed by atoms with Gasteiger partial charge in [-0.25, -0.2) is 19.3 Å². The van der Waals surface area contributed by atoms with E-state index in [-0.39, 0.29) is 22.2 Å². The number of nitrogens with zero attached hydrogens (tertiary/aromatic N) is 4. The molecule has 1 aliphatic carbocycles. The zero-order valence-electron chi connectivity index (χ0n) is 18.9. The largest absolute Gasteiger partial charge is 0.770 e. The van der Waals surface area contributed by atoms with Crippen LogP contribution in [0, 0.1) is 0 Å². The first-order valence-corrected chi connectivity index (χ1v) is 16.9. The Balaban J connectivity index is 1.35. The number of aliphatic hydroxyl groups excluding tert-OH is 2. The van der Waals surface area contributed by atoms with Crippen molar-refractivity contribution in [1.82, 2.24) is 19.5 Å². The number of ether oxygens (including phenoxy) is 1. The molecule has 0 radical (unpaired) electrons. The number of imidazole rings is 1. The van der Waals surface area contributed by atoms with Crippen LogP contribution in [0.5, 0.6) is 0 Å². The number of hydrogen-bond donors (Lipinski definition) is 3. The highest BCUT2D eigenvalue weighted by Crippen LogP contribution is 2.68. The number of fused-ring (bicyclic) bond motifs is 1. The molecule has 4 N–H and O–H groups in total. The maximum atomic E-state index is 12.1. The van der Waals surface area contributed by atoms with Crippen LogP contribution in [0.1, 0.15) is 38.3 Å². The van der Waals surface area contributed by atoms with Crippen LogP contribution >= 0.6 is 33.8 Å². The molecule has 0 amide bonds. The monoisotopic (exact) mass is 602 g/mol. The molecule has 37 heavy (non-hydrogen) atoms. The number of rotatable bonds is 10. The van der Waals surface area contributed by atoms with Crippen molar-refractivity contribution in [3.05, 3.63) is 12.7 Å². The quantitative estimate of drug-likeness (QED) is 0.290. The molecule has 4 unspecified atom stereocenters. The predicted octanol–water partition coefficient (Wildman–Crippen LogP) is -0.451. The number of phosphoric acid groups is 2. The van der Waals surface area contributed by atoms with Gasteiger partial charge in [-0.15, -0.1) is 0 Å². The minimum Gasteiger partial charge on any atom is -0.770 e. The molecule has 1 saturated carbocycles. The topological polar surface area (TPSA) is 267 Å². The average molecular weight is 602 g/mol. The van der Waals surface area contributed by atoms with Gasteiger partial charge in [0.25, 0.3) is 15.6 Å². The third-order valence-corrected chi connectivity index (χ3v) is 12.6. The second-order valence-electron chi connectivity index (χ2n) is 8.30. The van der Waals surface area contributed by atoms with E-state index in [2.05, 4.69) is 28.1 Å². The molecule has 21 heteroatoms. The van der Waals surface area contributed by atoms with E-state index in [1.807, 2.05) is 0 Å². The van der Waals surface area contributed by atoms with Crippen LogP contribution < -0.4 is 20.4 Å². The van der Waals surface area contributed by atoms with Crippen molar-refractivity contribution in [2.75, 3.05) is 12.3 Å². The molecule has 2 aromatic heterocycles. The Morgan fingerprint density at radius 1 is 1.05 bits per heavy atom. The minimum atomic E-state index is -5.91. The van der Waals surface area contributed by atoms with Gasteiger partial charge in [-0.2, -0.15) is 0 Å². The molecule has 7 atom stereocenters. The number of anilines is 1. The van der Waals surface area contributed by atoms with Gasteiger partial charge in [0.15, 0.2) is 24.5 Å². The van der Waals surface area contributed by atoms with Crippen LogP contribution in [0.25, 0.3) is 11.2 Å². The van der Waals surface area contributed by atoms with Gasteiger partial charge in [-0.1, -0.05) is 30.6 Å². The molecular formula is C16H23N5O12P3S-3. The predicted molar refractivity (Wildman–Crippen MR) is 121 cm³/mol. The van der Waals surface area contributed by atoms with Gasteiger partial charge < -0.3 is 39.9 Å². The number of aliphatic hydroxyl groups is 2. The summed E-state index contributed by atoms with van der Waals surface area (Å²) in [5.41, 5.74) is 6.05. The van der Waals surface area contributed by atoms with Crippen molar-refractivity contribution < 1.29 is 56.5 Å². The van der Waals surface area contributed by atoms with Crippen LogP contribution in [0.3, 0.4) is 0 Å². The molecule has 0 spiro atoms. The number of hydrogen-bond acceptors (Lipinski definition) is 17. The Morgan fingerprint density at radius 2 is 1.76 bits per heavy atom. The molecule has 3 heterocycles. The summed E-state index contributed by atoms with van der Waals surface area (Å²) < 4.78 is 55.2. The zero-order chi connectivity index (χ0) is 27.0. The average Bonchev–Trinajstić information content (AvgIpc) is 3.33. The van der Waals surface area contributed by atoms with E-state index < -0.39 is 53.6 Å². The first-order chi connectivity index (χ1) is 17.3. The molecule has 17 nitrogen and oxygen atoms in total. The number of phosphoric ester groups is 1. The second-order valence-corrected chi connectivity index (χ2v) is 15.4. The van der Waals surface area contributed by atoms with Crippen molar-refractivity contribution in [2.24, 2.45) is 0 Å². The third-order valence-electron chi connectivity index (χ3n) is 5.63. The lowest BCUT2D eigenvalue weighted by atomic mass is 10.0. The number of nitrogen functional groups attached to an aromatic ring is 1. The summed E-state index contributed by atoms with van der Waals surface area (Å²) in [6.07, 6.45) is -0.174. The standard InChI is InChI=1S/C16H26N5O12P3S/c17-14-11-15(19-7-18-14)21(8-20-11)16-13(23)12(22)10(31-16)6-30-34(24,25)32-35(26,27)33-36(28,29)37-9-4-2-1-3-5-9/h7-10,12-13,16,22-23H,1-6H2,(H,24,25)(H,26,27)(H,28,29)(H2,17,18,19)/p-3/t10-,12?,13+,16-/m1/s1. The third kappa shape index (κ3) is 7.17. The van der Waals surface area contributed by atoms with Gasteiger partial charge in [0, 0.05) is 5.25 Å². The van der Waals surface area contributed by atoms with Gasteiger partial charge in [0.1, 0.15) is 30.2 Å². The van der Waals surface area contributed by atoms with Gasteiger partial charge >= 0.3 is 0 Å².